The SMILES string of the molecule is CCCC(C)(C)c1ccc(C(=O)c2ccc(OC(C)(C)CC)c(S(=O)(=O)O)c2)cc1S(=O)(=O)O. The standard InChI is InChI=1S/C24H32O8S2/c1-7-13-23(3,4)18-11-9-16(14-20(18)33(26,27)28)22(25)17-10-12-19(32-24(5,6)8-2)21(15-17)34(29,30)31/h9-12,14-15H,7-8,13H2,1-6H3,(H,26,27,28)(H,29,30,31). The second-order valence-electron chi connectivity index (χ2n) is 9.50. The van der Waals surface area contributed by atoms with Gasteiger partial charge in [0.2, 0.25) is 0 Å². The minimum absolute atomic E-state index is 0.0625. The van der Waals surface area contributed by atoms with Gasteiger partial charge in [0.05, 0.1) is 4.90 Å². The van der Waals surface area contributed by atoms with Gasteiger partial charge in [-0.05, 0) is 61.9 Å². The summed E-state index contributed by atoms with van der Waals surface area (Å²) in [5.74, 6) is -0.794. The Morgan fingerprint density at radius 3 is 1.82 bits per heavy atom. The van der Waals surface area contributed by atoms with Gasteiger partial charge in [0.1, 0.15) is 16.2 Å². The molecule has 0 saturated carbocycles. The number of ether oxygens (including phenoxy) is 1. The van der Waals surface area contributed by atoms with Crippen molar-refractivity contribution in [2.24, 2.45) is 0 Å². The van der Waals surface area contributed by atoms with E-state index in [1.165, 1.54) is 24.3 Å². The zero-order valence-electron chi connectivity index (χ0n) is 20.2. The van der Waals surface area contributed by atoms with E-state index in [1.54, 1.807) is 13.8 Å². The lowest BCUT2D eigenvalue weighted by molar-refractivity contribution is 0.101. The molecule has 0 aliphatic rings. The lowest BCUT2D eigenvalue weighted by Gasteiger charge is -2.27. The first-order valence-electron chi connectivity index (χ1n) is 10.9. The Morgan fingerprint density at radius 2 is 1.35 bits per heavy atom. The molecule has 0 aliphatic carbocycles. The van der Waals surface area contributed by atoms with Crippen molar-refractivity contribution in [2.75, 3.05) is 0 Å². The first-order valence-corrected chi connectivity index (χ1v) is 13.8. The molecule has 0 aromatic heterocycles. The highest BCUT2D eigenvalue weighted by Crippen LogP contribution is 2.35. The quantitative estimate of drug-likeness (QED) is 0.333. The summed E-state index contributed by atoms with van der Waals surface area (Å²) in [6.45, 7) is 11.0. The van der Waals surface area contributed by atoms with Crippen LogP contribution in [0.3, 0.4) is 0 Å². The molecule has 188 valence electrons. The highest BCUT2D eigenvalue weighted by Gasteiger charge is 2.30. The number of ketones is 1. The summed E-state index contributed by atoms with van der Waals surface area (Å²) in [5.41, 5.74) is -1.09. The van der Waals surface area contributed by atoms with Gasteiger partial charge < -0.3 is 4.74 Å². The highest BCUT2D eigenvalue weighted by molar-refractivity contribution is 7.86. The van der Waals surface area contributed by atoms with Gasteiger partial charge in [-0.25, -0.2) is 0 Å². The predicted octanol–water partition coefficient (Wildman–Crippen LogP) is 5.06. The normalized spacial score (nSPS) is 13.1. The van der Waals surface area contributed by atoms with E-state index in [2.05, 4.69) is 0 Å². The van der Waals surface area contributed by atoms with Crippen LogP contribution < -0.4 is 4.74 Å². The fourth-order valence-electron chi connectivity index (χ4n) is 3.67. The summed E-state index contributed by atoms with van der Waals surface area (Å²) in [6.07, 6.45) is 1.98. The molecule has 2 N–H and O–H groups in total. The Balaban J connectivity index is 2.63. The second kappa shape index (κ2) is 9.77. The molecule has 2 aromatic carbocycles. The Labute approximate surface area is 201 Å². The molecule has 0 atom stereocenters. The lowest BCUT2D eigenvalue weighted by Crippen LogP contribution is -2.27. The number of hydrogen-bond acceptors (Lipinski definition) is 6. The molecule has 0 spiro atoms. The van der Waals surface area contributed by atoms with Crippen molar-refractivity contribution in [3.8, 4) is 5.75 Å². The fourth-order valence-corrected chi connectivity index (χ4v) is 5.21. The van der Waals surface area contributed by atoms with Gasteiger partial charge in [0.15, 0.2) is 5.78 Å². The molecule has 0 radical (unpaired) electrons. The van der Waals surface area contributed by atoms with Crippen LogP contribution in [0.1, 0.15) is 82.3 Å². The van der Waals surface area contributed by atoms with E-state index in [4.69, 9.17) is 4.74 Å². The van der Waals surface area contributed by atoms with Crippen LogP contribution in [0, 0.1) is 0 Å². The Morgan fingerprint density at radius 1 is 0.853 bits per heavy atom. The smallest absolute Gasteiger partial charge is 0.298 e. The largest absolute Gasteiger partial charge is 0.486 e. The van der Waals surface area contributed by atoms with Crippen LogP contribution >= 0.6 is 0 Å². The van der Waals surface area contributed by atoms with Gasteiger partial charge in [-0.2, -0.15) is 16.8 Å². The van der Waals surface area contributed by atoms with Gasteiger partial charge >= 0.3 is 0 Å². The summed E-state index contributed by atoms with van der Waals surface area (Å²) < 4.78 is 73.5. The molecule has 0 fully saturated rings. The number of benzene rings is 2. The topological polar surface area (TPSA) is 135 Å². The first kappa shape index (κ1) is 28.0. The molecule has 8 nitrogen and oxygen atoms in total. The molecule has 0 bridgehead atoms. The third kappa shape index (κ3) is 6.44. The molecule has 10 heteroatoms. The van der Waals surface area contributed by atoms with E-state index in [0.29, 0.717) is 18.4 Å². The average Bonchev–Trinajstić information content (AvgIpc) is 2.71. The third-order valence-corrected chi connectivity index (χ3v) is 7.62. The van der Waals surface area contributed by atoms with Crippen molar-refractivity contribution in [3.63, 3.8) is 0 Å². The van der Waals surface area contributed by atoms with Crippen molar-refractivity contribution in [2.45, 2.75) is 81.6 Å². The Kier molecular flexibility index (Phi) is 8.04. The first-order chi connectivity index (χ1) is 15.4. The van der Waals surface area contributed by atoms with Gasteiger partial charge in [0, 0.05) is 11.1 Å². The third-order valence-electron chi connectivity index (χ3n) is 5.85. The minimum atomic E-state index is -4.73. The molecular weight excluding hydrogens is 480 g/mol. The predicted molar refractivity (Wildman–Crippen MR) is 129 cm³/mol. The maximum Gasteiger partial charge on any atom is 0.298 e. The molecule has 0 aliphatic heterocycles. The maximum atomic E-state index is 13.2. The van der Waals surface area contributed by atoms with Crippen LogP contribution in [-0.4, -0.2) is 37.3 Å². The molecule has 34 heavy (non-hydrogen) atoms. The highest BCUT2D eigenvalue weighted by atomic mass is 32.2. The summed E-state index contributed by atoms with van der Waals surface area (Å²) in [6, 6.07) is 7.59. The molecule has 0 amide bonds. The van der Waals surface area contributed by atoms with Crippen molar-refractivity contribution >= 4 is 26.0 Å². The Hall–Kier alpha value is -2.27. The Bertz CT molecular complexity index is 1290. The number of carbonyl (C=O) groups excluding carboxylic acids is 1. The van der Waals surface area contributed by atoms with Crippen LogP contribution in [-0.2, 0) is 25.7 Å². The molecule has 2 aromatic rings. The summed E-state index contributed by atoms with van der Waals surface area (Å²) in [5, 5.41) is 0. The molecule has 0 unspecified atom stereocenters. The van der Waals surface area contributed by atoms with E-state index in [-0.39, 0.29) is 21.8 Å². The lowest BCUT2D eigenvalue weighted by atomic mass is 9.80. The minimum Gasteiger partial charge on any atom is -0.486 e. The van der Waals surface area contributed by atoms with Crippen LogP contribution in [0.4, 0.5) is 0 Å². The van der Waals surface area contributed by atoms with Crippen molar-refractivity contribution < 1.29 is 35.5 Å². The van der Waals surface area contributed by atoms with E-state index in [9.17, 15) is 30.7 Å². The molecule has 0 heterocycles. The average molecular weight is 513 g/mol. The van der Waals surface area contributed by atoms with Gasteiger partial charge in [-0.1, -0.05) is 46.2 Å². The van der Waals surface area contributed by atoms with E-state index in [1.807, 2.05) is 27.7 Å². The van der Waals surface area contributed by atoms with Crippen LogP contribution in [0.2, 0.25) is 0 Å². The van der Waals surface area contributed by atoms with E-state index < -0.39 is 41.9 Å². The number of rotatable bonds is 10. The monoisotopic (exact) mass is 512 g/mol. The van der Waals surface area contributed by atoms with Crippen molar-refractivity contribution in [3.05, 3.63) is 53.1 Å². The zero-order valence-corrected chi connectivity index (χ0v) is 21.9. The van der Waals surface area contributed by atoms with Gasteiger partial charge in [-0.3, -0.25) is 13.9 Å². The van der Waals surface area contributed by atoms with E-state index in [0.717, 1.165) is 18.6 Å². The number of carbonyl (C=O) groups is 1. The van der Waals surface area contributed by atoms with Crippen molar-refractivity contribution in [1.29, 1.82) is 0 Å². The van der Waals surface area contributed by atoms with Crippen LogP contribution in [0.5, 0.6) is 5.75 Å². The van der Waals surface area contributed by atoms with Crippen LogP contribution in [0.25, 0.3) is 0 Å². The summed E-state index contributed by atoms with van der Waals surface area (Å²) in [7, 11) is -9.37. The zero-order chi connectivity index (χ0) is 26.1. The summed E-state index contributed by atoms with van der Waals surface area (Å²) in [4.78, 5) is 12.2. The fraction of sp³-hybridized carbons (Fsp3) is 0.458. The van der Waals surface area contributed by atoms with E-state index >= 15 is 0 Å². The molecular formula is C24H32O8S2. The summed E-state index contributed by atoms with van der Waals surface area (Å²) >= 11 is 0. The van der Waals surface area contributed by atoms with Crippen LogP contribution in [0.15, 0.2) is 46.2 Å². The molecule has 0 saturated heterocycles. The maximum absolute atomic E-state index is 13.2. The molecule has 2 rings (SSSR count). The van der Waals surface area contributed by atoms with Gasteiger partial charge in [-0.15, -0.1) is 0 Å². The second-order valence-corrected chi connectivity index (χ2v) is 12.3. The van der Waals surface area contributed by atoms with Crippen molar-refractivity contribution in [1.82, 2.24) is 0 Å². The number of hydrogen-bond donors (Lipinski definition) is 2. The van der Waals surface area contributed by atoms with Gasteiger partial charge in [0.25, 0.3) is 20.2 Å².